The van der Waals surface area contributed by atoms with E-state index in [9.17, 15) is 9.59 Å². The van der Waals surface area contributed by atoms with Crippen LogP contribution in [0.15, 0.2) is 60.9 Å². The molecule has 7 rings (SSSR count). The van der Waals surface area contributed by atoms with E-state index in [-0.39, 0.29) is 17.9 Å². The molecule has 5 unspecified atom stereocenters. The van der Waals surface area contributed by atoms with Crippen molar-refractivity contribution in [3.05, 3.63) is 72.6 Å². The molecule has 5 atom stereocenters. The molecular weight excluding hydrogens is 576 g/mol. The van der Waals surface area contributed by atoms with Crippen LogP contribution in [0.3, 0.4) is 0 Å². The largest absolute Gasteiger partial charge is 0.388 e. The van der Waals surface area contributed by atoms with Gasteiger partial charge in [-0.2, -0.15) is 0 Å². The van der Waals surface area contributed by atoms with Crippen LogP contribution in [0.5, 0.6) is 0 Å². The van der Waals surface area contributed by atoms with Crippen molar-refractivity contribution >= 4 is 12.3 Å². The van der Waals surface area contributed by atoms with Gasteiger partial charge in [0.05, 0.1) is 29.8 Å². The molecule has 2 aromatic carbocycles. The number of ether oxygens (including phenoxy) is 1. The van der Waals surface area contributed by atoms with E-state index in [1.165, 1.54) is 31.5 Å². The summed E-state index contributed by atoms with van der Waals surface area (Å²) in [4.78, 5) is 42.7. The molecule has 3 fully saturated rings. The average Bonchev–Trinajstić information content (AvgIpc) is 3.92. The van der Waals surface area contributed by atoms with Gasteiger partial charge in [-0.05, 0) is 72.1 Å². The normalized spacial score (nSPS) is 22.5. The van der Waals surface area contributed by atoms with E-state index < -0.39 is 6.04 Å². The number of likely N-dealkylation sites (tertiary alicyclic amines) is 1. The fraction of sp³-hybridized carbons (Fsp3) is 0.459. The van der Waals surface area contributed by atoms with E-state index >= 15 is 0 Å². The quantitative estimate of drug-likeness (QED) is 0.179. The third-order valence-electron chi connectivity index (χ3n) is 10.0. The van der Waals surface area contributed by atoms with Gasteiger partial charge in [-0.25, -0.2) is 9.97 Å². The second kappa shape index (κ2) is 14.0. The molecule has 3 heterocycles. The van der Waals surface area contributed by atoms with E-state index in [1.54, 1.807) is 14.2 Å². The number of aromatic nitrogens is 4. The molecule has 1 aliphatic heterocycles. The van der Waals surface area contributed by atoms with Crippen molar-refractivity contribution in [2.45, 2.75) is 70.4 Å². The molecular formula is C37H46N6O3. The highest BCUT2D eigenvalue weighted by molar-refractivity contribution is 5.84. The third kappa shape index (κ3) is 6.51. The number of fused-ring (bicyclic) bond motifs is 2. The molecule has 9 nitrogen and oxygen atoms in total. The number of carbonyl (C=O) groups is 2. The number of nitrogens with one attached hydrogen (secondary N) is 3. The van der Waals surface area contributed by atoms with E-state index in [1.807, 2.05) is 31.1 Å². The van der Waals surface area contributed by atoms with Crippen molar-refractivity contribution in [1.29, 1.82) is 0 Å². The summed E-state index contributed by atoms with van der Waals surface area (Å²) in [6.45, 7) is 4.56. The Morgan fingerprint density at radius 1 is 0.870 bits per heavy atom. The maximum atomic E-state index is 13.2. The second-order valence-electron chi connectivity index (χ2n) is 13.4. The summed E-state index contributed by atoms with van der Waals surface area (Å²) in [5.41, 5.74) is 6.54. The van der Waals surface area contributed by atoms with Crippen LogP contribution in [0, 0.1) is 17.8 Å². The van der Waals surface area contributed by atoms with Gasteiger partial charge in [0, 0.05) is 26.7 Å². The molecule has 2 aromatic heterocycles. The van der Waals surface area contributed by atoms with Crippen molar-refractivity contribution in [2.75, 3.05) is 20.8 Å². The number of nitrogens with zero attached hydrogens (tertiary/aromatic N) is 3. The molecule has 46 heavy (non-hydrogen) atoms. The number of hydrogen-bond donors (Lipinski definition) is 3. The Bertz CT molecular complexity index is 1610. The highest BCUT2D eigenvalue weighted by atomic mass is 16.4. The van der Waals surface area contributed by atoms with Gasteiger partial charge < -0.3 is 24.9 Å². The number of hydrogen-bond acceptors (Lipinski definition) is 5. The van der Waals surface area contributed by atoms with Gasteiger partial charge in [0.15, 0.2) is 0 Å². The fourth-order valence-corrected chi connectivity index (χ4v) is 7.70. The number of amides is 2. The molecule has 1 saturated heterocycles. The number of H-pyrrole nitrogens is 2. The van der Waals surface area contributed by atoms with Crippen LogP contribution >= 0.6 is 0 Å². The molecule has 0 radical (unpaired) electrons. The summed E-state index contributed by atoms with van der Waals surface area (Å²) in [6.07, 6.45) is 11.7. The van der Waals surface area contributed by atoms with Crippen LogP contribution in [0.25, 0.3) is 33.6 Å². The highest BCUT2D eigenvalue weighted by Crippen LogP contribution is 2.52. The first kappa shape index (κ1) is 31.7. The standard InChI is InChI=1S/C35H40N6O2.C2H6O/c1-21(2)32(38-20-42)35(43)41-15-3-4-31(41)34-37-19-30(40-34)26-13-9-24(10-14-26)23-7-11-25(12-8-23)29-18-36-33(39-29)28-17-22-5-6-27(28)16-22;1-3-2/h7-14,18-22,27-28,31-32H,3-6,15-17H2,1-2H3,(H,36,39)(H,37,40)(H,38,42);1-2H3. The van der Waals surface area contributed by atoms with Gasteiger partial charge in [0.25, 0.3) is 0 Å². The van der Waals surface area contributed by atoms with Crippen LogP contribution in [0.1, 0.15) is 76.0 Å². The Kier molecular flexibility index (Phi) is 9.68. The van der Waals surface area contributed by atoms with Crippen LogP contribution in [0.4, 0.5) is 0 Å². The summed E-state index contributed by atoms with van der Waals surface area (Å²) >= 11 is 0. The smallest absolute Gasteiger partial charge is 0.246 e. The summed E-state index contributed by atoms with van der Waals surface area (Å²) in [6, 6.07) is 16.5. The lowest BCUT2D eigenvalue weighted by Gasteiger charge is -2.29. The first-order chi connectivity index (χ1) is 22.4. The Morgan fingerprint density at radius 3 is 1.96 bits per heavy atom. The number of aromatic amines is 2. The molecule has 2 bridgehead atoms. The Hall–Kier alpha value is -4.24. The van der Waals surface area contributed by atoms with Gasteiger partial charge in [-0.1, -0.05) is 68.8 Å². The molecule has 4 aromatic rings. The molecule has 2 amide bonds. The molecule has 2 aliphatic carbocycles. The topological polar surface area (TPSA) is 116 Å². The van der Waals surface area contributed by atoms with E-state index in [0.29, 0.717) is 18.9 Å². The second-order valence-corrected chi connectivity index (χ2v) is 13.4. The lowest BCUT2D eigenvalue weighted by molar-refractivity contribution is -0.137. The predicted octanol–water partition coefficient (Wildman–Crippen LogP) is 6.73. The first-order valence-electron chi connectivity index (χ1n) is 16.6. The Morgan fingerprint density at radius 2 is 1.43 bits per heavy atom. The van der Waals surface area contributed by atoms with Gasteiger partial charge in [-0.3, -0.25) is 9.59 Å². The van der Waals surface area contributed by atoms with Gasteiger partial charge in [-0.15, -0.1) is 0 Å². The molecule has 0 spiro atoms. The maximum Gasteiger partial charge on any atom is 0.246 e. The van der Waals surface area contributed by atoms with Crippen molar-refractivity contribution in [2.24, 2.45) is 17.8 Å². The lowest BCUT2D eigenvalue weighted by Crippen LogP contribution is -2.48. The first-order valence-corrected chi connectivity index (χ1v) is 16.6. The van der Waals surface area contributed by atoms with Crippen LogP contribution in [0.2, 0.25) is 0 Å². The van der Waals surface area contributed by atoms with Crippen molar-refractivity contribution < 1.29 is 14.3 Å². The summed E-state index contributed by atoms with van der Waals surface area (Å²) in [7, 11) is 3.25. The lowest BCUT2D eigenvalue weighted by atomic mass is 9.88. The Balaban J connectivity index is 0.00000119. The number of benzene rings is 2. The van der Waals surface area contributed by atoms with Crippen molar-refractivity contribution in [3.63, 3.8) is 0 Å². The predicted molar refractivity (Wildman–Crippen MR) is 180 cm³/mol. The molecule has 3 N–H and O–H groups in total. The van der Waals surface area contributed by atoms with Crippen LogP contribution < -0.4 is 5.32 Å². The van der Waals surface area contributed by atoms with Crippen molar-refractivity contribution in [1.82, 2.24) is 30.2 Å². The summed E-state index contributed by atoms with van der Waals surface area (Å²) in [5, 5.41) is 2.70. The van der Waals surface area contributed by atoms with E-state index in [0.717, 1.165) is 64.1 Å². The third-order valence-corrected chi connectivity index (χ3v) is 10.0. The number of rotatable bonds is 9. The van der Waals surface area contributed by atoms with Crippen molar-refractivity contribution in [3.8, 4) is 33.6 Å². The molecule has 2 saturated carbocycles. The molecule has 242 valence electrons. The zero-order valence-electron chi connectivity index (χ0n) is 27.3. The molecule has 3 aliphatic rings. The fourth-order valence-electron chi connectivity index (χ4n) is 7.70. The average molecular weight is 623 g/mol. The van der Waals surface area contributed by atoms with Crippen LogP contribution in [-0.2, 0) is 14.3 Å². The number of methoxy groups -OCH3 is 1. The number of imidazole rings is 2. The summed E-state index contributed by atoms with van der Waals surface area (Å²) in [5.74, 6) is 4.26. The Labute approximate surface area is 271 Å². The minimum atomic E-state index is -0.530. The minimum absolute atomic E-state index is 0.0100. The van der Waals surface area contributed by atoms with E-state index in [4.69, 9.17) is 4.98 Å². The van der Waals surface area contributed by atoms with E-state index in [2.05, 4.69) is 73.5 Å². The van der Waals surface area contributed by atoms with Gasteiger partial charge in [0.1, 0.15) is 17.7 Å². The SMILES string of the molecule is CC(C)C(NC=O)C(=O)N1CCCC1c1ncc(-c2ccc(-c3ccc(-c4cnc(C5CC6CCC5C6)[nH]4)cc3)cc2)[nH]1.COC. The van der Waals surface area contributed by atoms with Gasteiger partial charge in [0.2, 0.25) is 12.3 Å². The van der Waals surface area contributed by atoms with Crippen LogP contribution in [-0.4, -0.2) is 64.0 Å². The minimum Gasteiger partial charge on any atom is -0.388 e. The zero-order valence-corrected chi connectivity index (χ0v) is 27.3. The maximum absolute atomic E-state index is 13.2. The zero-order chi connectivity index (χ0) is 32.2. The monoisotopic (exact) mass is 622 g/mol. The van der Waals surface area contributed by atoms with Gasteiger partial charge >= 0.3 is 0 Å². The summed E-state index contributed by atoms with van der Waals surface area (Å²) < 4.78 is 4.25. The molecule has 9 heteroatoms. The number of carbonyl (C=O) groups excluding carboxylic acids is 2. The highest BCUT2D eigenvalue weighted by Gasteiger charge is 2.41.